The number of amides is 1. The number of rotatable bonds is 13. The molecule has 0 radical (unpaired) electrons. The van der Waals surface area contributed by atoms with Gasteiger partial charge in [-0.15, -0.1) is 0 Å². The Hall–Kier alpha value is -4.80. The summed E-state index contributed by atoms with van der Waals surface area (Å²) < 4.78 is 5.39. The summed E-state index contributed by atoms with van der Waals surface area (Å²) in [5.74, 6) is -3.87. The van der Waals surface area contributed by atoms with Crippen LogP contribution in [0.2, 0.25) is 0 Å². The van der Waals surface area contributed by atoms with Gasteiger partial charge in [0.1, 0.15) is 0 Å². The number of nitrogens with one attached hydrogen (secondary N) is 1. The fourth-order valence-electron chi connectivity index (χ4n) is 4.84. The molecule has 0 aliphatic carbocycles. The Balaban J connectivity index is 1.56. The van der Waals surface area contributed by atoms with Gasteiger partial charge in [-0.25, -0.2) is 4.98 Å². The van der Waals surface area contributed by atoms with Crippen LogP contribution in [-0.4, -0.2) is 52.0 Å². The van der Waals surface area contributed by atoms with Gasteiger partial charge in [-0.05, 0) is 42.2 Å². The van der Waals surface area contributed by atoms with Crippen molar-refractivity contribution in [1.82, 2.24) is 15.3 Å². The van der Waals surface area contributed by atoms with Crippen molar-refractivity contribution in [2.75, 3.05) is 7.11 Å². The largest absolute Gasteiger partial charge is 0.494 e. The number of Topliss-reactive ketones (excluding diaryl/α,β-unsaturated/α-hetero) is 3. The van der Waals surface area contributed by atoms with Gasteiger partial charge in [-0.3, -0.25) is 24.2 Å². The predicted octanol–water partition coefficient (Wildman–Crippen LogP) is 3.33. The van der Waals surface area contributed by atoms with E-state index in [4.69, 9.17) is 16.2 Å². The van der Waals surface area contributed by atoms with E-state index in [1.807, 2.05) is 26.0 Å². The zero-order valence-corrected chi connectivity index (χ0v) is 24.3. The van der Waals surface area contributed by atoms with E-state index in [1.165, 1.54) is 13.3 Å². The molecule has 222 valence electrons. The van der Waals surface area contributed by atoms with Gasteiger partial charge in [-0.2, -0.15) is 0 Å². The lowest BCUT2D eigenvalue weighted by Crippen LogP contribution is -2.64. The number of hydrogen-bond acceptors (Lipinski definition) is 9. The van der Waals surface area contributed by atoms with Gasteiger partial charge < -0.3 is 21.5 Å². The SMILES string of the molecule is COc1cc2ccccc2nc1C(=O)N[C@@H](CC(C)C)C(=O)CC(=O)C(N)(N)C(=O)C(c1ccccc1)c1ccccn1. The normalized spacial score (nSPS) is 12.9. The summed E-state index contributed by atoms with van der Waals surface area (Å²) >= 11 is 0. The van der Waals surface area contributed by atoms with E-state index in [-0.39, 0.29) is 23.8 Å². The highest BCUT2D eigenvalue weighted by Gasteiger charge is 2.44. The van der Waals surface area contributed by atoms with Crippen molar-refractivity contribution in [2.24, 2.45) is 17.4 Å². The highest BCUT2D eigenvalue weighted by atomic mass is 16.5. The molecule has 0 spiro atoms. The summed E-state index contributed by atoms with van der Waals surface area (Å²) in [5.41, 5.74) is 11.4. The minimum atomic E-state index is -2.50. The number of benzene rings is 2. The molecule has 43 heavy (non-hydrogen) atoms. The maximum absolute atomic E-state index is 13.8. The van der Waals surface area contributed by atoms with Crippen molar-refractivity contribution in [3.05, 3.63) is 102 Å². The third-order valence-corrected chi connectivity index (χ3v) is 7.11. The van der Waals surface area contributed by atoms with Crippen LogP contribution in [0, 0.1) is 5.92 Å². The summed E-state index contributed by atoms with van der Waals surface area (Å²) in [7, 11) is 1.42. The molecule has 2 atom stereocenters. The van der Waals surface area contributed by atoms with Crippen LogP contribution in [0.4, 0.5) is 0 Å². The minimum Gasteiger partial charge on any atom is -0.494 e. The number of fused-ring (bicyclic) bond motifs is 1. The second-order valence-electron chi connectivity index (χ2n) is 10.8. The van der Waals surface area contributed by atoms with Crippen molar-refractivity contribution < 1.29 is 23.9 Å². The third kappa shape index (κ3) is 7.17. The van der Waals surface area contributed by atoms with Crippen LogP contribution in [0.25, 0.3) is 10.9 Å². The molecule has 4 aromatic rings. The van der Waals surface area contributed by atoms with Crippen LogP contribution < -0.4 is 21.5 Å². The molecule has 0 saturated heterocycles. The van der Waals surface area contributed by atoms with Gasteiger partial charge in [-0.1, -0.05) is 68.4 Å². The molecule has 0 bridgehead atoms. The fraction of sp³-hybridized carbons (Fsp3) is 0.273. The molecule has 1 amide bonds. The molecule has 0 aliphatic rings. The lowest BCUT2D eigenvalue weighted by Gasteiger charge is -2.27. The average molecular weight is 582 g/mol. The first-order valence-electron chi connectivity index (χ1n) is 13.9. The Kier molecular flexibility index (Phi) is 9.74. The molecular formula is C33H35N5O5. The maximum atomic E-state index is 13.8. The molecular weight excluding hydrogens is 546 g/mol. The molecule has 10 nitrogen and oxygen atoms in total. The lowest BCUT2D eigenvalue weighted by molar-refractivity contribution is -0.137. The summed E-state index contributed by atoms with van der Waals surface area (Å²) in [5, 5.41) is 3.48. The first-order chi connectivity index (χ1) is 20.5. The first kappa shape index (κ1) is 31.1. The summed E-state index contributed by atoms with van der Waals surface area (Å²) in [4.78, 5) is 62.7. The zero-order chi connectivity index (χ0) is 31.1. The highest BCUT2D eigenvalue weighted by molar-refractivity contribution is 6.19. The van der Waals surface area contributed by atoms with Gasteiger partial charge in [0, 0.05) is 11.6 Å². The number of methoxy groups -OCH3 is 1. The van der Waals surface area contributed by atoms with Gasteiger partial charge in [0.25, 0.3) is 5.91 Å². The Morgan fingerprint density at radius 1 is 0.930 bits per heavy atom. The smallest absolute Gasteiger partial charge is 0.274 e. The van der Waals surface area contributed by atoms with Gasteiger partial charge in [0.15, 0.2) is 34.5 Å². The lowest BCUT2D eigenvalue weighted by atomic mass is 9.82. The van der Waals surface area contributed by atoms with E-state index < -0.39 is 47.3 Å². The number of hydrogen-bond donors (Lipinski definition) is 3. The number of ketones is 3. The van der Waals surface area contributed by atoms with E-state index >= 15 is 0 Å². The van der Waals surface area contributed by atoms with E-state index in [9.17, 15) is 19.2 Å². The number of aromatic nitrogens is 2. The number of para-hydroxylation sites is 1. The van der Waals surface area contributed by atoms with Crippen LogP contribution >= 0.6 is 0 Å². The van der Waals surface area contributed by atoms with Gasteiger partial charge >= 0.3 is 0 Å². The third-order valence-electron chi connectivity index (χ3n) is 7.11. The number of carbonyl (C=O) groups is 4. The van der Waals surface area contributed by atoms with Crippen molar-refractivity contribution in [2.45, 2.75) is 44.3 Å². The monoisotopic (exact) mass is 581 g/mol. The van der Waals surface area contributed by atoms with Gasteiger partial charge in [0.2, 0.25) is 0 Å². The van der Waals surface area contributed by atoms with E-state index in [0.717, 1.165) is 5.39 Å². The molecule has 5 N–H and O–H groups in total. The highest BCUT2D eigenvalue weighted by Crippen LogP contribution is 2.28. The second kappa shape index (κ2) is 13.5. The number of carbonyl (C=O) groups excluding carboxylic acids is 4. The van der Waals surface area contributed by atoms with E-state index in [0.29, 0.717) is 16.8 Å². The first-order valence-corrected chi connectivity index (χ1v) is 13.9. The maximum Gasteiger partial charge on any atom is 0.274 e. The van der Waals surface area contributed by atoms with E-state index in [1.54, 1.807) is 66.7 Å². The van der Waals surface area contributed by atoms with Crippen LogP contribution in [0.15, 0.2) is 85.1 Å². The van der Waals surface area contributed by atoms with Crippen LogP contribution in [0.5, 0.6) is 5.75 Å². The Morgan fingerprint density at radius 3 is 2.26 bits per heavy atom. The number of pyridine rings is 2. The Bertz CT molecular complexity index is 1580. The number of nitrogens with zero attached hydrogens (tertiary/aromatic N) is 2. The molecule has 0 aliphatic heterocycles. The summed E-state index contributed by atoms with van der Waals surface area (Å²) in [6, 6.07) is 21.6. The average Bonchev–Trinajstić information content (AvgIpc) is 3.00. The standard InChI is InChI=1S/C33H35N5O5/c1-20(2)17-25(38-32(42)30-27(43-3)18-22-13-7-8-14-23(22)37-30)26(39)19-28(40)33(34,35)31(41)29(21-11-5-4-6-12-21)24-15-9-10-16-36-24/h4-16,18,20,25,29H,17,19,34-35H2,1-3H3,(H,38,42)/t25-,29?/m0/s1. The van der Waals surface area contributed by atoms with Crippen LogP contribution in [-0.2, 0) is 14.4 Å². The zero-order valence-electron chi connectivity index (χ0n) is 24.3. The molecule has 1 unspecified atom stereocenters. The molecule has 10 heteroatoms. The molecule has 2 aromatic heterocycles. The molecule has 4 rings (SSSR count). The van der Waals surface area contributed by atoms with Crippen molar-refractivity contribution >= 4 is 34.2 Å². The van der Waals surface area contributed by atoms with Gasteiger partial charge in [0.05, 0.1) is 36.7 Å². The second-order valence-corrected chi connectivity index (χ2v) is 10.8. The number of ether oxygens (including phenoxy) is 1. The Morgan fingerprint density at radius 2 is 1.60 bits per heavy atom. The Labute approximate surface area is 249 Å². The van der Waals surface area contributed by atoms with Crippen LogP contribution in [0.1, 0.15) is 54.4 Å². The summed E-state index contributed by atoms with van der Waals surface area (Å²) in [6.45, 7) is 3.75. The van der Waals surface area contributed by atoms with Crippen molar-refractivity contribution in [1.29, 1.82) is 0 Å². The molecule has 0 saturated carbocycles. The summed E-state index contributed by atoms with van der Waals surface area (Å²) in [6.07, 6.45) is 0.990. The van der Waals surface area contributed by atoms with Crippen molar-refractivity contribution in [3.63, 3.8) is 0 Å². The minimum absolute atomic E-state index is 0.00248. The molecule has 2 heterocycles. The number of nitrogens with two attached hydrogens (primary N) is 2. The quantitative estimate of drug-likeness (QED) is 0.158. The topological polar surface area (TPSA) is 167 Å². The van der Waals surface area contributed by atoms with Crippen LogP contribution in [0.3, 0.4) is 0 Å². The fourth-order valence-corrected chi connectivity index (χ4v) is 4.84. The molecule has 0 fully saturated rings. The van der Waals surface area contributed by atoms with Crippen molar-refractivity contribution in [3.8, 4) is 5.75 Å². The molecule has 2 aromatic carbocycles. The van der Waals surface area contributed by atoms with E-state index in [2.05, 4.69) is 15.3 Å². The predicted molar refractivity (Wildman–Crippen MR) is 162 cm³/mol.